The van der Waals surface area contributed by atoms with Crippen LogP contribution in [0, 0.1) is 11.8 Å². The number of amides is 2. The van der Waals surface area contributed by atoms with Crippen molar-refractivity contribution in [3.63, 3.8) is 0 Å². The molecule has 2 saturated heterocycles. The molecule has 3 aliphatic rings. The second kappa shape index (κ2) is 10.4. The average molecular weight is 496 g/mol. The van der Waals surface area contributed by atoms with E-state index in [0.717, 1.165) is 42.2 Å². The van der Waals surface area contributed by atoms with Gasteiger partial charge in [-0.25, -0.2) is 15.0 Å². The summed E-state index contributed by atoms with van der Waals surface area (Å²) in [4.78, 5) is 43.1. The van der Waals surface area contributed by atoms with E-state index in [9.17, 15) is 9.59 Å². The van der Waals surface area contributed by atoms with Gasteiger partial charge >= 0.3 is 0 Å². The third-order valence-electron chi connectivity index (χ3n) is 7.23. The van der Waals surface area contributed by atoms with Crippen molar-refractivity contribution in [1.82, 2.24) is 24.8 Å². The third kappa shape index (κ3) is 5.52. The number of aromatic nitrogens is 3. The highest BCUT2D eigenvalue weighted by molar-refractivity contribution is 7.98. The molecule has 0 radical (unpaired) electrons. The number of fused-ring (bicyclic) bond motifs is 1. The Hall–Kier alpha value is -2.88. The maximum absolute atomic E-state index is 13.0. The summed E-state index contributed by atoms with van der Waals surface area (Å²) in [6.07, 6.45) is 9.95. The molecule has 4 heterocycles. The van der Waals surface area contributed by atoms with Crippen molar-refractivity contribution < 1.29 is 9.59 Å². The number of hydrogen-bond donors (Lipinski definition) is 2. The summed E-state index contributed by atoms with van der Waals surface area (Å²) in [6, 6.07) is 4.31. The van der Waals surface area contributed by atoms with E-state index in [-0.39, 0.29) is 29.7 Å². The van der Waals surface area contributed by atoms with Crippen molar-refractivity contribution in [3.8, 4) is 0 Å². The number of nitrogens with zero attached hydrogens (tertiary/aromatic N) is 5. The van der Waals surface area contributed by atoms with E-state index in [1.807, 2.05) is 40.7 Å². The minimum Gasteiger partial charge on any atom is -0.370 e. The third-order valence-corrected chi connectivity index (χ3v) is 7.91. The number of pyridine rings is 1. The predicted octanol–water partition coefficient (Wildman–Crippen LogP) is 2.69. The molecule has 4 atom stereocenters. The first kappa shape index (κ1) is 23.8. The van der Waals surface area contributed by atoms with E-state index in [4.69, 9.17) is 0 Å². The van der Waals surface area contributed by atoms with Gasteiger partial charge < -0.3 is 20.4 Å². The van der Waals surface area contributed by atoms with Crippen LogP contribution in [0.4, 0.5) is 11.8 Å². The molecule has 1 saturated carbocycles. The summed E-state index contributed by atoms with van der Waals surface area (Å²) in [5, 5.41) is 6.67. The van der Waals surface area contributed by atoms with Crippen LogP contribution in [-0.2, 0) is 9.59 Å². The van der Waals surface area contributed by atoms with Gasteiger partial charge in [-0.1, -0.05) is 13.0 Å². The molecule has 0 spiro atoms. The largest absolute Gasteiger partial charge is 0.370 e. The highest BCUT2D eigenvalue weighted by Crippen LogP contribution is 2.48. The van der Waals surface area contributed by atoms with E-state index in [0.29, 0.717) is 37.9 Å². The number of rotatable bonds is 9. The maximum atomic E-state index is 13.0. The van der Waals surface area contributed by atoms with Gasteiger partial charge in [0, 0.05) is 74.6 Å². The lowest BCUT2D eigenvalue weighted by Crippen LogP contribution is -2.53. The van der Waals surface area contributed by atoms with Crippen LogP contribution in [0.2, 0.25) is 0 Å². The Kier molecular flexibility index (Phi) is 7.08. The van der Waals surface area contributed by atoms with Crippen LogP contribution >= 0.6 is 11.8 Å². The van der Waals surface area contributed by atoms with Crippen LogP contribution in [0.1, 0.15) is 37.7 Å². The molecule has 3 fully saturated rings. The van der Waals surface area contributed by atoms with Gasteiger partial charge in [0.2, 0.25) is 17.8 Å². The fourth-order valence-electron chi connectivity index (χ4n) is 4.99. The number of thioether (sulfide) groups is 1. The number of anilines is 2. The fourth-order valence-corrected chi connectivity index (χ4v) is 5.31. The summed E-state index contributed by atoms with van der Waals surface area (Å²) in [5.74, 6) is 2.64. The van der Waals surface area contributed by atoms with E-state index in [2.05, 4.69) is 38.6 Å². The Morgan fingerprint density at radius 2 is 1.94 bits per heavy atom. The van der Waals surface area contributed by atoms with Crippen molar-refractivity contribution in [2.75, 3.05) is 49.6 Å². The summed E-state index contributed by atoms with van der Waals surface area (Å²) in [7, 11) is 0. The Labute approximate surface area is 210 Å². The first-order valence-corrected chi connectivity index (χ1v) is 13.6. The molecule has 35 heavy (non-hydrogen) atoms. The topological polar surface area (TPSA) is 103 Å². The zero-order valence-electron chi connectivity index (χ0n) is 20.3. The first-order chi connectivity index (χ1) is 17.0. The highest BCUT2D eigenvalue weighted by Gasteiger charge is 2.47. The molecule has 10 heteroatoms. The van der Waals surface area contributed by atoms with E-state index in [1.165, 1.54) is 0 Å². The number of carbonyl (C=O) groups is 2. The minimum absolute atomic E-state index is 0.0533. The Balaban J connectivity index is 1.05. The van der Waals surface area contributed by atoms with Gasteiger partial charge in [0.1, 0.15) is 5.82 Å². The van der Waals surface area contributed by atoms with Gasteiger partial charge in [-0.3, -0.25) is 9.59 Å². The lowest BCUT2D eigenvalue weighted by molar-refractivity contribution is -0.140. The number of piperazine rings is 1. The monoisotopic (exact) mass is 495 g/mol. The maximum Gasteiger partial charge on any atom is 0.226 e. The first-order valence-electron chi connectivity index (χ1n) is 12.4. The molecule has 9 nitrogen and oxygen atoms in total. The van der Waals surface area contributed by atoms with E-state index < -0.39 is 0 Å². The molecule has 0 aromatic carbocycles. The smallest absolute Gasteiger partial charge is 0.226 e. The molecule has 5 rings (SSSR count). The summed E-state index contributed by atoms with van der Waals surface area (Å²) < 4.78 is 0. The standard InChI is InChI=1S/C25H33N7O2S/c1-16(11-28-25-29-13-19(35-2)14-30-25)10-26-22-5-3-17(12-27-22)20-9-21(20)24(34)31-7-8-32-18(15-31)4-6-23(32)33/h3,5,12-14,16,18,20-21H,4,6-11,15H2,1-2H3,(H,26,27)(H,28,29,30)/t16-,18?,20-,21+/m1/s1. The van der Waals surface area contributed by atoms with Crippen LogP contribution < -0.4 is 10.6 Å². The normalized spacial score (nSPS) is 24.2. The SMILES string of the molecule is CSc1cnc(NC[C@H](C)CNc2ccc([C@H]3C[C@@H]3C(=O)N3CCN4C(=O)CCC4C3)cn2)nc1. The van der Waals surface area contributed by atoms with Crippen molar-refractivity contribution in [3.05, 3.63) is 36.3 Å². The molecule has 186 valence electrons. The molecule has 2 aliphatic heterocycles. The predicted molar refractivity (Wildman–Crippen MR) is 136 cm³/mol. The van der Waals surface area contributed by atoms with Crippen LogP contribution in [-0.4, -0.2) is 81.6 Å². The molecule has 2 amide bonds. The number of nitrogens with one attached hydrogen (secondary N) is 2. The second-order valence-corrected chi connectivity index (χ2v) is 10.7. The molecule has 2 aromatic heterocycles. The van der Waals surface area contributed by atoms with Gasteiger partial charge in [-0.15, -0.1) is 11.8 Å². The molecule has 1 unspecified atom stereocenters. The van der Waals surface area contributed by atoms with Crippen LogP contribution in [0.5, 0.6) is 0 Å². The van der Waals surface area contributed by atoms with E-state index in [1.54, 1.807) is 11.8 Å². The Morgan fingerprint density at radius 3 is 2.69 bits per heavy atom. The van der Waals surface area contributed by atoms with Gasteiger partial charge in [0.05, 0.1) is 0 Å². The number of carbonyl (C=O) groups excluding carboxylic acids is 2. The zero-order chi connectivity index (χ0) is 24.4. The molecule has 2 aromatic rings. The quantitative estimate of drug-likeness (QED) is 0.512. The van der Waals surface area contributed by atoms with Crippen molar-refractivity contribution in [1.29, 1.82) is 0 Å². The molecule has 2 N–H and O–H groups in total. The van der Waals surface area contributed by atoms with Gasteiger partial charge in [-0.05, 0) is 42.6 Å². The lowest BCUT2D eigenvalue weighted by Gasteiger charge is -2.37. The summed E-state index contributed by atoms with van der Waals surface area (Å²) in [6.45, 7) is 5.73. The highest BCUT2D eigenvalue weighted by atomic mass is 32.2. The van der Waals surface area contributed by atoms with Gasteiger partial charge in [0.15, 0.2) is 0 Å². The fraction of sp³-hybridized carbons (Fsp3) is 0.560. The van der Waals surface area contributed by atoms with Crippen molar-refractivity contribution >= 4 is 35.3 Å². The average Bonchev–Trinajstić information content (AvgIpc) is 3.62. The summed E-state index contributed by atoms with van der Waals surface area (Å²) in [5.41, 5.74) is 1.13. The molecule has 1 aliphatic carbocycles. The lowest BCUT2D eigenvalue weighted by atomic mass is 10.1. The zero-order valence-corrected chi connectivity index (χ0v) is 21.1. The molecular formula is C25H33N7O2S. The van der Waals surface area contributed by atoms with Gasteiger partial charge in [0.25, 0.3) is 0 Å². The molecular weight excluding hydrogens is 462 g/mol. The van der Waals surface area contributed by atoms with E-state index >= 15 is 0 Å². The number of hydrogen-bond acceptors (Lipinski definition) is 8. The van der Waals surface area contributed by atoms with Crippen LogP contribution in [0.25, 0.3) is 0 Å². The van der Waals surface area contributed by atoms with Crippen LogP contribution in [0.3, 0.4) is 0 Å². The van der Waals surface area contributed by atoms with Crippen molar-refractivity contribution in [2.24, 2.45) is 11.8 Å². The van der Waals surface area contributed by atoms with Crippen molar-refractivity contribution in [2.45, 2.75) is 43.0 Å². The molecule has 0 bridgehead atoms. The van der Waals surface area contributed by atoms with Crippen LogP contribution in [0.15, 0.2) is 35.6 Å². The second-order valence-electron chi connectivity index (χ2n) is 9.80. The summed E-state index contributed by atoms with van der Waals surface area (Å²) >= 11 is 1.62. The van der Waals surface area contributed by atoms with Gasteiger partial charge in [-0.2, -0.15) is 0 Å². The Morgan fingerprint density at radius 1 is 1.14 bits per heavy atom. The Bertz CT molecular complexity index is 1050. The minimum atomic E-state index is 0.0533.